The number of aromatic nitrogens is 4. The summed E-state index contributed by atoms with van der Waals surface area (Å²) in [6.07, 6.45) is -3.19. The van der Waals surface area contributed by atoms with Crippen molar-refractivity contribution in [3.8, 4) is 0 Å². The van der Waals surface area contributed by atoms with Crippen LogP contribution in [0.25, 0.3) is 0 Å². The van der Waals surface area contributed by atoms with Crippen molar-refractivity contribution >= 4 is 18.2 Å². The summed E-state index contributed by atoms with van der Waals surface area (Å²) in [4.78, 5) is 0. The summed E-state index contributed by atoms with van der Waals surface area (Å²) in [5.74, 6) is 0.662. The molecule has 2 aromatic rings. The Morgan fingerprint density at radius 1 is 1.25 bits per heavy atom. The fourth-order valence-electron chi connectivity index (χ4n) is 1.94. The molecule has 0 unspecified atom stereocenters. The molecule has 0 spiro atoms. The van der Waals surface area contributed by atoms with Gasteiger partial charge in [-0.2, -0.15) is 23.4 Å². The maximum atomic E-state index is 12.8. The molecule has 2 aromatic heterocycles. The van der Waals surface area contributed by atoms with Crippen molar-refractivity contribution < 1.29 is 13.2 Å². The van der Waals surface area contributed by atoms with Gasteiger partial charge in [0.15, 0.2) is 0 Å². The number of rotatable bonds is 3. The van der Waals surface area contributed by atoms with Crippen LogP contribution in [0.4, 0.5) is 19.0 Å². The van der Waals surface area contributed by atoms with Gasteiger partial charge in [0.1, 0.15) is 11.5 Å². The minimum absolute atomic E-state index is 0. The van der Waals surface area contributed by atoms with Crippen LogP contribution in [-0.4, -0.2) is 19.6 Å². The van der Waals surface area contributed by atoms with E-state index in [0.717, 1.165) is 10.4 Å². The molecule has 0 saturated heterocycles. The highest BCUT2D eigenvalue weighted by atomic mass is 35.5. The highest BCUT2D eigenvalue weighted by Gasteiger charge is 2.37. The molecule has 1 N–H and O–H groups in total. The Morgan fingerprint density at radius 3 is 2.40 bits per heavy atom. The number of alkyl halides is 3. The first-order valence-corrected chi connectivity index (χ1v) is 5.61. The van der Waals surface area contributed by atoms with E-state index in [9.17, 15) is 13.2 Å². The Kier molecular flexibility index (Phi) is 4.69. The van der Waals surface area contributed by atoms with Gasteiger partial charge in [0.25, 0.3) is 0 Å². The highest BCUT2D eigenvalue weighted by Crippen LogP contribution is 2.31. The van der Waals surface area contributed by atoms with Gasteiger partial charge in [-0.05, 0) is 6.92 Å². The van der Waals surface area contributed by atoms with Gasteiger partial charge in [-0.1, -0.05) is 0 Å². The molecule has 0 fully saturated rings. The van der Waals surface area contributed by atoms with Crippen molar-refractivity contribution in [1.82, 2.24) is 19.6 Å². The van der Waals surface area contributed by atoms with E-state index in [4.69, 9.17) is 0 Å². The van der Waals surface area contributed by atoms with Crippen LogP contribution in [0.5, 0.6) is 0 Å². The second-order valence-electron chi connectivity index (χ2n) is 4.29. The summed E-state index contributed by atoms with van der Waals surface area (Å²) in [6, 6.07) is 1.77. The van der Waals surface area contributed by atoms with Crippen LogP contribution in [0.1, 0.15) is 17.0 Å². The number of nitrogens with one attached hydrogen (secondary N) is 1. The molecule has 0 aliphatic carbocycles. The quantitative estimate of drug-likeness (QED) is 0.947. The third-order valence-corrected chi connectivity index (χ3v) is 2.74. The summed E-state index contributed by atoms with van der Waals surface area (Å²) in [6.45, 7) is 1.86. The van der Waals surface area contributed by atoms with Gasteiger partial charge >= 0.3 is 6.18 Å². The van der Waals surface area contributed by atoms with Crippen LogP contribution in [-0.2, 0) is 26.8 Å². The molecule has 112 valence electrons. The third kappa shape index (κ3) is 3.24. The van der Waals surface area contributed by atoms with Crippen molar-refractivity contribution in [3.05, 3.63) is 29.2 Å². The smallest absolute Gasteiger partial charge is 0.366 e. The summed E-state index contributed by atoms with van der Waals surface area (Å²) in [5.41, 5.74) is 0.167. The monoisotopic (exact) mass is 309 g/mol. The van der Waals surface area contributed by atoms with Crippen LogP contribution in [0.2, 0.25) is 0 Å². The average molecular weight is 310 g/mol. The third-order valence-electron chi connectivity index (χ3n) is 2.74. The van der Waals surface area contributed by atoms with Crippen LogP contribution < -0.4 is 5.32 Å². The molecule has 0 radical (unpaired) electrons. The zero-order chi connectivity index (χ0) is 14.2. The second-order valence-corrected chi connectivity index (χ2v) is 4.29. The molecule has 0 aliphatic rings. The van der Waals surface area contributed by atoms with E-state index < -0.39 is 11.9 Å². The van der Waals surface area contributed by atoms with Gasteiger partial charge < -0.3 is 5.32 Å². The highest BCUT2D eigenvalue weighted by molar-refractivity contribution is 5.85. The molecule has 20 heavy (non-hydrogen) atoms. The first kappa shape index (κ1) is 16.4. The zero-order valence-corrected chi connectivity index (χ0v) is 12.0. The van der Waals surface area contributed by atoms with E-state index in [-0.39, 0.29) is 24.5 Å². The molecule has 9 heteroatoms. The number of aryl methyl sites for hydroxylation is 3. The number of hydrogen-bond acceptors (Lipinski definition) is 3. The average Bonchev–Trinajstić information content (AvgIpc) is 2.78. The molecular formula is C11H15ClF3N5. The van der Waals surface area contributed by atoms with Crippen LogP contribution in [0.15, 0.2) is 12.3 Å². The molecule has 5 nitrogen and oxygen atoms in total. The first-order valence-electron chi connectivity index (χ1n) is 5.61. The molecule has 0 aromatic carbocycles. The minimum atomic E-state index is -4.41. The van der Waals surface area contributed by atoms with E-state index in [1.54, 1.807) is 17.8 Å². The minimum Gasteiger partial charge on any atom is -0.366 e. The fourth-order valence-corrected chi connectivity index (χ4v) is 1.94. The molecular weight excluding hydrogens is 295 g/mol. The van der Waals surface area contributed by atoms with E-state index in [1.165, 1.54) is 13.2 Å². The predicted octanol–water partition coefficient (Wildman–Crippen LogP) is 2.51. The molecule has 2 rings (SSSR count). The van der Waals surface area contributed by atoms with Gasteiger partial charge in [0.05, 0.1) is 11.9 Å². The van der Waals surface area contributed by atoms with E-state index >= 15 is 0 Å². The molecule has 0 atom stereocenters. The first-order chi connectivity index (χ1) is 8.79. The molecule has 0 saturated carbocycles. The van der Waals surface area contributed by atoms with Crippen LogP contribution in [0.3, 0.4) is 0 Å². The topological polar surface area (TPSA) is 47.7 Å². The van der Waals surface area contributed by atoms with Crippen LogP contribution in [0, 0.1) is 6.92 Å². The maximum absolute atomic E-state index is 12.8. The van der Waals surface area contributed by atoms with E-state index in [2.05, 4.69) is 15.5 Å². The van der Waals surface area contributed by atoms with Gasteiger partial charge in [0.2, 0.25) is 0 Å². The number of anilines is 1. The van der Waals surface area contributed by atoms with Crippen LogP contribution >= 0.6 is 12.4 Å². The van der Waals surface area contributed by atoms with Gasteiger partial charge in [-0.3, -0.25) is 9.36 Å². The number of halogens is 4. The second kappa shape index (κ2) is 5.74. The van der Waals surface area contributed by atoms with E-state index in [1.807, 2.05) is 6.92 Å². The number of nitrogens with zero attached hydrogens (tertiary/aromatic N) is 4. The lowest BCUT2D eigenvalue weighted by Gasteiger charge is -2.11. The van der Waals surface area contributed by atoms with Gasteiger partial charge in [0, 0.05) is 32.3 Å². The Labute approximate surface area is 120 Å². The summed E-state index contributed by atoms with van der Waals surface area (Å²) in [5, 5.41) is 10.7. The maximum Gasteiger partial charge on any atom is 0.433 e. The Bertz CT molecular complexity index is 587. The lowest BCUT2D eigenvalue weighted by Crippen LogP contribution is -2.16. The zero-order valence-electron chi connectivity index (χ0n) is 11.2. The predicted molar refractivity (Wildman–Crippen MR) is 70.7 cm³/mol. The van der Waals surface area contributed by atoms with Gasteiger partial charge in [-0.15, -0.1) is 12.4 Å². The normalized spacial score (nSPS) is 11.3. The lowest BCUT2D eigenvalue weighted by molar-refractivity contribution is -0.144. The number of hydrogen-bond donors (Lipinski definition) is 1. The largest absolute Gasteiger partial charge is 0.433 e. The summed E-state index contributed by atoms with van der Waals surface area (Å²) in [7, 11) is 3.00. The van der Waals surface area contributed by atoms with Crippen molar-refractivity contribution in [2.45, 2.75) is 19.6 Å². The molecule has 0 amide bonds. The molecule has 0 bridgehead atoms. The summed E-state index contributed by atoms with van der Waals surface area (Å²) < 4.78 is 41.0. The van der Waals surface area contributed by atoms with E-state index in [0.29, 0.717) is 5.82 Å². The molecule has 2 heterocycles. The summed E-state index contributed by atoms with van der Waals surface area (Å²) >= 11 is 0. The Morgan fingerprint density at radius 2 is 1.90 bits per heavy atom. The fraction of sp³-hybridized carbons (Fsp3) is 0.455. The SMILES string of the molecule is Cc1cc(NCc2cnn(C)c2C(F)(F)F)n(C)n1.Cl. The standard InChI is InChI=1S/C11H14F3N5.ClH/c1-7-4-9(18(2)17-7)15-5-8-6-16-19(3)10(8)11(12,13)14;/h4,6,15H,5H2,1-3H3;1H. The lowest BCUT2D eigenvalue weighted by atomic mass is 10.2. The van der Waals surface area contributed by atoms with Crippen molar-refractivity contribution in [1.29, 1.82) is 0 Å². The van der Waals surface area contributed by atoms with Crippen molar-refractivity contribution in [2.75, 3.05) is 5.32 Å². The Hall–Kier alpha value is -1.70. The Balaban J connectivity index is 0.00000200. The van der Waals surface area contributed by atoms with Gasteiger partial charge in [-0.25, -0.2) is 0 Å². The van der Waals surface area contributed by atoms with Crippen molar-refractivity contribution in [3.63, 3.8) is 0 Å². The van der Waals surface area contributed by atoms with Crippen molar-refractivity contribution in [2.24, 2.45) is 14.1 Å². The molecule has 0 aliphatic heterocycles.